The molecule has 2 aliphatic rings. The van der Waals surface area contributed by atoms with E-state index in [1.807, 2.05) is 0 Å². The average molecular weight is 392 g/mol. The maximum absolute atomic E-state index is 12.5. The Labute approximate surface area is 156 Å². The van der Waals surface area contributed by atoms with Gasteiger partial charge in [0.1, 0.15) is 6.10 Å². The minimum absolute atomic E-state index is 0.0146. The van der Waals surface area contributed by atoms with E-state index in [9.17, 15) is 13.2 Å². The maximum atomic E-state index is 12.5. The molecule has 0 saturated carbocycles. The highest BCUT2D eigenvalue weighted by molar-refractivity contribution is 7.89. The summed E-state index contributed by atoms with van der Waals surface area (Å²) in [6, 6.07) is 5.80. The number of rotatable bonds is 5. The number of nitrogens with one attached hydrogen (secondary N) is 1. The van der Waals surface area contributed by atoms with Gasteiger partial charge >= 0.3 is 6.01 Å². The lowest BCUT2D eigenvalue weighted by Crippen LogP contribution is -2.27. The van der Waals surface area contributed by atoms with Crippen molar-refractivity contribution in [2.45, 2.75) is 36.7 Å². The summed E-state index contributed by atoms with van der Waals surface area (Å²) in [6.07, 6.45) is 3.26. The van der Waals surface area contributed by atoms with E-state index in [1.165, 1.54) is 28.6 Å². The van der Waals surface area contributed by atoms with Crippen molar-refractivity contribution in [3.05, 3.63) is 35.7 Å². The van der Waals surface area contributed by atoms with E-state index in [1.54, 1.807) is 0 Å². The summed E-state index contributed by atoms with van der Waals surface area (Å²) >= 11 is 0. The van der Waals surface area contributed by atoms with Crippen molar-refractivity contribution < 1.29 is 22.4 Å². The van der Waals surface area contributed by atoms with Crippen molar-refractivity contribution in [1.29, 1.82) is 0 Å². The number of hydrogen-bond donors (Lipinski definition) is 1. The topological polar surface area (TPSA) is 115 Å². The van der Waals surface area contributed by atoms with Crippen LogP contribution >= 0.6 is 0 Å². The second kappa shape index (κ2) is 7.37. The Balaban J connectivity index is 1.43. The molecule has 0 aliphatic carbocycles. The fourth-order valence-corrected chi connectivity index (χ4v) is 4.73. The monoisotopic (exact) mass is 392 g/mol. The van der Waals surface area contributed by atoms with Gasteiger partial charge in [-0.05, 0) is 49.9 Å². The maximum Gasteiger partial charge on any atom is 0.322 e. The summed E-state index contributed by atoms with van der Waals surface area (Å²) in [6.45, 7) is 1.73. The van der Waals surface area contributed by atoms with Gasteiger partial charge in [-0.25, -0.2) is 8.42 Å². The van der Waals surface area contributed by atoms with Crippen LogP contribution in [-0.4, -0.2) is 48.5 Å². The number of carbonyl (C=O) groups excluding carboxylic acids is 1. The van der Waals surface area contributed by atoms with Crippen LogP contribution in [0.25, 0.3) is 0 Å². The second-order valence-electron chi connectivity index (χ2n) is 6.54. The van der Waals surface area contributed by atoms with Crippen LogP contribution < -0.4 is 5.32 Å². The standard InChI is InChI=1S/C17H20N4O5S/c22-15(18-17-20-19-16(26-17)14-4-3-11-25-14)12-5-7-13(8-6-12)27(23,24)21-9-1-2-10-21/h5-8,14H,1-4,9-11H2,(H,18,20,22)/t14-/m0/s1. The highest BCUT2D eigenvalue weighted by Gasteiger charge is 2.27. The molecule has 0 unspecified atom stereocenters. The van der Waals surface area contributed by atoms with E-state index in [0.29, 0.717) is 31.2 Å². The summed E-state index contributed by atoms with van der Waals surface area (Å²) in [5.74, 6) is -0.113. The SMILES string of the molecule is O=C(Nc1nnc([C@@H]2CCCO2)o1)c1ccc(S(=O)(=O)N2CCCC2)cc1. The van der Waals surface area contributed by atoms with Crippen molar-refractivity contribution >= 4 is 21.9 Å². The normalized spacial score (nSPS) is 20.8. The highest BCUT2D eigenvalue weighted by atomic mass is 32.2. The van der Waals surface area contributed by atoms with Gasteiger partial charge in [-0.2, -0.15) is 4.31 Å². The molecule has 144 valence electrons. The van der Waals surface area contributed by atoms with Crippen LogP contribution in [0, 0.1) is 0 Å². The van der Waals surface area contributed by atoms with E-state index in [2.05, 4.69) is 15.5 Å². The zero-order valence-corrected chi connectivity index (χ0v) is 15.4. The summed E-state index contributed by atoms with van der Waals surface area (Å²) in [5, 5.41) is 10.2. The number of benzene rings is 1. The lowest BCUT2D eigenvalue weighted by atomic mass is 10.2. The molecule has 0 spiro atoms. The van der Waals surface area contributed by atoms with Crippen molar-refractivity contribution in [1.82, 2.24) is 14.5 Å². The molecule has 0 radical (unpaired) electrons. The summed E-state index contributed by atoms with van der Waals surface area (Å²) < 4.78 is 37.4. The molecule has 2 fully saturated rings. The summed E-state index contributed by atoms with van der Waals surface area (Å²) in [5.41, 5.74) is 0.298. The predicted molar refractivity (Wildman–Crippen MR) is 94.6 cm³/mol. The van der Waals surface area contributed by atoms with E-state index in [4.69, 9.17) is 9.15 Å². The molecule has 2 aliphatic heterocycles. The Morgan fingerprint density at radius 1 is 1.11 bits per heavy atom. The fraction of sp³-hybridized carbons (Fsp3) is 0.471. The van der Waals surface area contributed by atoms with Crippen molar-refractivity contribution in [2.75, 3.05) is 25.0 Å². The molecule has 1 aromatic heterocycles. The third kappa shape index (κ3) is 3.73. The summed E-state index contributed by atoms with van der Waals surface area (Å²) in [7, 11) is -3.50. The van der Waals surface area contributed by atoms with E-state index in [0.717, 1.165) is 25.7 Å². The molecular formula is C17H20N4O5S. The lowest BCUT2D eigenvalue weighted by Gasteiger charge is -2.15. The van der Waals surface area contributed by atoms with Crippen LogP contribution in [0.2, 0.25) is 0 Å². The van der Waals surface area contributed by atoms with Gasteiger partial charge < -0.3 is 9.15 Å². The molecule has 1 N–H and O–H groups in total. The smallest absolute Gasteiger partial charge is 0.322 e. The number of nitrogens with zero attached hydrogens (tertiary/aromatic N) is 3. The number of hydrogen-bond acceptors (Lipinski definition) is 7. The van der Waals surface area contributed by atoms with Gasteiger partial charge in [0.05, 0.1) is 4.90 Å². The zero-order valence-electron chi connectivity index (χ0n) is 14.6. The van der Waals surface area contributed by atoms with Crippen LogP contribution in [0.5, 0.6) is 0 Å². The van der Waals surface area contributed by atoms with Crippen LogP contribution in [0.1, 0.15) is 48.0 Å². The van der Waals surface area contributed by atoms with E-state index >= 15 is 0 Å². The van der Waals surface area contributed by atoms with Crippen LogP contribution in [0.4, 0.5) is 6.01 Å². The first kappa shape index (κ1) is 18.1. The van der Waals surface area contributed by atoms with Gasteiger partial charge in [-0.15, -0.1) is 5.10 Å². The first-order chi connectivity index (χ1) is 13.0. The molecule has 1 amide bonds. The Morgan fingerprint density at radius 3 is 2.52 bits per heavy atom. The quantitative estimate of drug-likeness (QED) is 0.827. The van der Waals surface area contributed by atoms with Crippen LogP contribution in [0.15, 0.2) is 33.6 Å². The Kier molecular flexibility index (Phi) is 4.94. The minimum atomic E-state index is -3.50. The molecule has 10 heteroatoms. The number of sulfonamides is 1. The molecule has 1 aromatic carbocycles. The molecule has 4 rings (SSSR count). The Bertz CT molecular complexity index is 913. The number of anilines is 1. The third-order valence-corrected chi connectivity index (χ3v) is 6.60. The lowest BCUT2D eigenvalue weighted by molar-refractivity contribution is 0.0893. The van der Waals surface area contributed by atoms with Crippen LogP contribution in [0.3, 0.4) is 0 Å². The van der Waals surface area contributed by atoms with Gasteiger partial charge in [-0.1, -0.05) is 5.10 Å². The molecule has 2 aromatic rings. The number of aromatic nitrogens is 2. The van der Waals surface area contributed by atoms with Gasteiger partial charge in [0, 0.05) is 25.3 Å². The van der Waals surface area contributed by atoms with Crippen LogP contribution in [-0.2, 0) is 14.8 Å². The fourth-order valence-electron chi connectivity index (χ4n) is 3.21. The molecule has 2 saturated heterocycles. The Hall–Kier alpha value is -2.30. The minimum Gasteiger partial charge on any atom is -0.405 e. The van der Waals surface area contributed by atoms with Gasteiger partial charge in [0.2, 0.25) is 15.9 Å². The van der Waals surface area contributed by atoms with Gasteiger partial charge in [0.25, 0.3) is 5.91 Å². The van der Waals surface area contributed by atoms with Crippen molar-refractivity contribution in [3.8, 4) is 0 Å². The number of ether oxygens (including phenoxy) is 1. The van der Waals surface area contributed by atoms with Gasteiger partial charge in [0.15, 0.2) is 0 Å². The average Bonchev–Trinajstić information content (AvgIpc) is 3.42. The van der Waals surface area contributed by atoms with Crippen molar-refractivity contribution in [3.63, 3.8) is 0 Å². The predicted octanol–water partition coefficient (Wildman–Crippen LogP) is 1.96. The number of carbonyl (C=O) groups is 1. The highest BCUT2D eigenvalue weighted by Crippen LogP contribution is 2.28. The molecule has 0 bridgehead atoms. The first-order valence-electron chi connectivity index (χ1n) is 8.90. The second-order valence-corrected chi connectivity index (χ2v) is 8.47. The Morgan fingerprint density at radius 2 is 1.85 bits per heavy atom. The van der Waals surface area contributed by atoms with Gasteiger partial charge in [-0.3, -0.25) is 10.1 Å². The summed E-state index contributed by atoms with van der Waals surface area (Å²) in [4.78, 5) is 12.5. The number of amides is 1. The molecule has 3 heterocycles. The molecule has 1 atom stereocenters. The molecule has 9 nitrogen and oxygen atoms in total. The van der Waals surface area contributed by atoms with E-state index in [-0.39, 0.29) is 17.0 Å². The third-order valence-electron chi connectivity index (χ3n) is 4.69. The van der Waals surface area contributed by atoms with Crippen molar-refractivity contribution in [2.24, 2.45) is 0 Å². The molecule has 27 heavy (non-hydrogen) atoms. The zero-order chi connectivity index (χ0) is 18.9. The molecular weight excluding hydrogens is 372 g/mol. The largest absolute Gasteiger partial charge is 0.405 e. The first-order valence-corrected chi connectivity index (χ1v) is 10.3. The van der Waals surface area contributed by atoms with E-state index < -0.39 is 15.9 Å².